The van der Waals surface area contributed by atoms with Gasteiger partial charge in [0.25, 0.3) is 0 Å². The third kappa shape index (κ3) is 26.1. The lowest BCUT2D eigenvalue weighted by molar-refractivity contribution is -0.000296. The lowest BCUT2D eigenvalue weighted by Gasteiger charge is -2.28. The first-order chi connectivity index (χ1) is 22.6. The molecule has 0 atom stereocenters. The SMILES string of the molecule is C#CCOCCOCCOCCOCCN(C)C(=O)N(CCOCCN(C)C(=O)OC(C)(C)C)CCOCCN(C)C(=O)OC(C)(C)C. The van der Waals surface area contributed by atoms with Crippen LogP contribution in [-0.2, 0) is 37.9 Å². The molecule has 0 aliphatic rings. The Kier molecular flexibility index (Phi) is 24.5. The second kappa shape index (κ2) is 26.1. The van der Waals surface area contributed by atoms with E-state index in [2.05, 4.69) is 5.92 Å². The number of terminal acetylenes is 1. The zero-order valence-electron chi connectivity index (χ0n) is 30.9. The molecule has 280 valence electrons. The van der Waals surface area contributed by atoms with Crippen LogP contribution in [0.4, 0.5) is 14.4 Å². The fourth-order valence-corrected chi connectivity index (χ4v) is 3.45. The van der Waals surface area contributed by atoms with Gasteiger partial charge in [0.15, 0.2) is 0 Å². The van der Waals surface area contributed by atoms with Crippen LogP contribution >= 0.6 is 0 Å². The molecule has 0 aromatic carbocycles. The Morgan fingerprint density at radius 3 is 1.19 bits per heavy atom. The minimum absolute atomic E-state index is 0.206. The molecule has 15 heteroatoms. The van der Waals surface area contributed by atoms with Gasteiger partial charge in [0.1, 0.15) is 17.8 Å². The van der Waals surface area contributed by atoms with Crippen molar-refractivity contribution in [1.82, 2.24) is 19.6 Å². The molecular weight excluding hydrogens is 628 g/mol. The highest BCUT2D eigenvalue weighted by Gasteiger charge is 2.21. The molecule has 4 amide bonds. The molecule has 0 aromatic rings. The average molecular weight is 691 g/mol. The Hall–Kier alpha value is -2.87. The summed E-state index contributed by atoms with van der Waals surface area (Å²) >= 11 is 0. The van der Waals surface area contributed by atoms with Crippen molar-refractivity contribution in [2.24, 2.45) is 0 Å². The van der Waals surface area contributed by atoms with Crippen LogP contribution in [0.2, 0.25) is 0 Å². The summed E-state index contributed by atoms with van der Waals surface area (Å²) in [5.41, 5.74) is -1.17. The van der Waals surface area contributed by atoms with Crippen molar-refractivity contribution in [3.8, 4) is 12.3 Å². The highest BCUT2D eigenvalue weighted by molar-refractivity contribution is 5.74. The molecule has 0 bridgehead atoms. The highest BCUT2D eigenvalue weighted by atomic mass is 16.6. The van der Waals surface area contributed by atoms with E-state index in [-0.39, 0.29) is 39.1 Å². The molecule has 0 unspecified atom stereocenters. The molecule has 0 saturated carbocycles. The van der Waals surface area contributed by atoms with Crippen LogP contribution in [-0.4, -0.2) is 182 Å². The normalized spacial score (nSPS) is 11.5. The molecule has 0 fully saturated rings. The summed E-state index contributed by atoms with van der Waals surface area (Å²) in [7, 11) is 4.99. The van der Waals surface area contributed by atoms with E-state index in [1.807, 2.05) is 41.5 Å². The van der Waals surface area contributed by atoms with Gasteiger partial charge in [-0.15, -0.1) is 6.42 Å². The maximum Gasteiger partial charge on any atom is 0.410 e. The van der Waals surface area contributed by atoms with Crippen molar-refractivity contribution < 1.29 is 52.3 Å². The minimum Gasteiger partial charge on any atom is -0.444 e. The van der Waals surface area contributed by atoms with E-state index in [0.717, 1.165) is 0 Å². The Balaban J connectivity index is 4.61. The number of rotatable bonds is 25. The molecule has 0 spiro atoms. The maximum atomic E-state index is 13.3. The van der Waals surface area contributed by atoms with Gasteiger partial charge in [0, 0.05) is 53.9 Å². The second-order valence-corrected chi connectivity index (χ2v) is 12.8. The molecule has 0 radical (unpaired) electrons. The number of ether oxygens (including phenoxy) is 8. The van der Waals surface area contributed by atoms with Crippen LogP contribution in [0.3, 0.4) is 0 Å². The Labute approximate surface area is 288 Å². The Morgan fingerprint density at radius 1 is 0.500 bits per heavy atom. The monoisotopic (exact) mass is 690 g/mol. The molecule has 0 heterocycles. The molecular formula is C33H62N4O11. The van der Waals surface area contributed by atoms with Gasteiger partial charge in [-0.1, -0.05) is 5.92 Å². The van der Waals surface area contributed by atoms with Gasteiger partial charge in [-0.3, -0.25) is 0 Å². The summed E-state index contributed by atoms with van der Waals surface area (Å²) in [4.78, 5) is 43.7. The molecule has 0 aromatic heterocycles. The summed E-state index contributed by atoms with van der Waals surface area (Å²) in [5, 5.41) is 0. The maximum absolute atomic E-state index is 13.3. The fourth-order valence-electron chi connectivity index (χ4n) is 3.45. The van der Waals surface area contributed by atoms with E-state index in [1.165, 1.54) is 9.80 Å². The topological polar surface area (TPSA) is 138 Å². The van der Waals surface area contributed by atoms with Crippen molar-refractivity contribution in [3.05, 3.63) is 0 Å². The zero-order chi connectivity index (χ0) is 36.4. The average Bonchev–Trinajstić information content (AvgIpc) is 2.99. The minimum atomic E-state index is -0.584. The number of nitrogens with zero attached hydrogens (tertiary/aromatic N) is 4. The van der Waals surface area contributed by atoms with Crippen molar-refractivity contribution >= 4 is 18.2 Å². The first-order valence-electron chi connectivity index (χ1n) is 16.4. The lowest BCUT2D eigenvalue weighted by Crippen LogP contribution is -2.45. The van der Waals surface area contributed by atoms with Crippen LogP contribution in [0, 0.1) is 12.3 Å². The number of hydrogen-bond acceptors (Lipinski definition) is 11. The molecule has 0 aliphatic heterocycles. The number of carbonyl (C=O) groups is 3. The number of hydrogen-bond donors (Lipinski definition) is 0. The largest absolute Gasteiger partial charge is 0.444 e. The van der Waals surface area contributed by atoms with Gasteiger partial charge in [-0.25, -0.2) is 14.4 Å². The van der Waals surface area contributed by atoms with Gasteiger partial charge < -0.3 is 57.5 Å². The third-order valence-corrected chi connectivity index (χ3v) is 6.03. The van der Waals surface area contributed by atoms with Crippen LogP contribution in [0.25, 0.3) is 0 Å². The van der Waals surface area contributed by atoms with Gasteiger partial charge in [-0.05, 0) is 41.5 Å². The predicted molar refractivity (Wildman–Crippen MR) is 181 cm³/mol. The number of likely N-dealkylation sites (N-methyl/N-ethyl adjacent to an activating group) is 3. The quantitative estimate of drug-likeness (QED) is 0.103. The van der Waals surface area contributed by atoms with Crippen molar-refractivity contribution in [3.63, 3.8) is 0 Å². The highest BCUT2D eigenvalue weighted by Crippen LogP contribution is 2.10. The molecule has 0 rings (SSSR count). The number of amides is 4. The smallest absolute Gasteiger partial charge is 0.410 e. The molecule has 15 nitrogen and oxygen atoms in total. The summed E-state index contributed by atoms with van der Waals surface area (Å²) < 4.78 is 43.8. The first kappa shape index (κ1) is 45.1. The van der Waals surface area contributed by atoms with Crippen molar-refractivity contribution in [1.29, 1.82) is 0 Å². The standard InChI is InChI=1S/C33H62N4O11/c1-11-17-41-23-25-45-27-28-46-26-24-44-18-12-34(8)29(38)37(15-21-42-19-13-35(9)30(39)47-32(2,3)4)16-22-43-20-14-36(10)31(40)48-33(5,6)7/h1H,12-28H2,2-10H3. The predicted octanol–water partition coefficient (Wildman–Crippen LogP) is 2.81. The third-order valence-electron chi connectivity index (χ3n) is 6.03. The summed E-state index contributed by atoms with van der Waals surface area (Å²) in [6, 6.07) is -0.206. The van der Waals surface area contributed by atoms with E-state index >= 15 is 0 Å². The Morgan fingerprint density at radius 2 is 0.812 bits per heavy atom. The van der Waals surface area contributed by atoms with Gasteiger partial charge in [0.05, 0.1) is 72.7 Å². The van der Waals surface area contributed by atoms with E-state index in [9.17, 15) is 14.4 Å². The molecule has 0 aliphatic carbocycles. The summed E-state index contributed by atoms with van der Waals surface area (Å²) in [6.07, 6.45) is 4.25. The number of urea groups is 1. The van der Waals surface area contributed by atoms with E-state index in [4.69, 9.17) is 44.3 Å². The van der Waals surface area contributed by atoms with E-state index in [0.29, 0.717) is 79.0 Å². The van der Waals surface area contributed by atoms with Gasteiger partial charge in [-0.2, -0.15) is 0 Å². The van der Waals surface area contributed by atoms with Crippen LogP contribution in [0.5, 0.6) is 0 Å². The fraction of sp³-hybridized carbons (Fsp3) is 0.848. The summed E-state index contributed by atoms with van der Waals surface area (Å²) in [6.45, 7) is 16.8. The van der Waals surface area contributed by atoms with Crippen molar-refractivity contribution in [2.45, 2.75) is 52.7 Å². The lowest BCUT2D eigenvalue weighted by atomic mass is 10.2. The van der Waals surface area contributed by atoms with E-state index < -0.39 is 23.4 Å². The van der Waals surface area contributed by atoms with Gasteiger partial charge >= 0.3 is 18.2 Å². The molecule has 0 N–H and O–H groups in total. The van der Waals surface area contributed by atoms with Crippen LogP contribution in [0.15, 0.2) is 0 Å². The molecule has 48 heavy (non-hydrogen) atoms. The second-order valence-electron chi connectivity index (χ2n) is 12.8. The molecule has 0 saturated heterocycles. The van der Waals surface area contributed by atoms with Crippen LogP contribution in [0.1, 0.15) is 41.5 Å². The first-order valence-corrected chi connectivity index (χ1v) is 16.4. The summed E-state index contributed by atoms with van der Waals surface area (Å²) in [5.74, 6) is 2.39. The van der Waals surface area contributed by atoms with Gasteiger partial charge in [0.2, 0.25) is 0 Å². The number of carbonyl (C=O) groups excluding carboxylic acids is 3. The van der Waals surface area contributed by atoms with Crippen molar-refractivity contribution in [2.75, 3.05) is 133 Å². The zero-order valence-corrected chi connectivity index (χ0v) is 30.9. The van der Waals surface area contributed by atoms with E-state index in [1.54, 1.807) is 30.9 Å². The van der Waals surface area contributed by atoms with Crippen LogP contribution < -0.4 is 0 Å². The Bertz CT molecular complexity index is 875.